The van der Waals surface area contributed by atoms with Crippen molar-refractivity contribution < 1.29 is 0 Å². The van der Waals surface area contributed by atoms with E-state index >= 15 is 0 Å². The van der Waals surface area contributed by atoms with Gasteiger partial charge in [-0.1, -0.05) is 49.4 Å². The Morgan fingerprint density at radius 2 is 1.60 bits per heavy atom. The number of anilines is 1. The summed E-state index contributed by atoms with van der Waals surface area (Å²) in [6, 6.07) is 19.4. The number of nitrogens with two attached hydrogens (primary N) is 1. The minimum absolute atomic E-state index is 0.147. The normalized spacial score (nSPS) is 12.2. The molecule has 106 valence electrons. The van der Waals surface area contributed by atoms with E-state index in [9.17, 15) is 0 Å². The predicted octanol–water partition coefficient (Wildman–Crippen LogP) is 4.12. The fourth-order valence-corrected chi connectivity index (χ4v) is 2.36. The first-order valence-corrected chi connectivity index (χ1v) is 7.39. The van der Waals surface area contributed by atoms with Gasteiger partial charge >= 0.3 is 0 Å². The van der Waals surface area contributed by atoms with Crippen LogP contribution in [0, 0.1) is 0 Å². The second kappa shape index (κ2) is 7.11. The lowest BCUT2D eigenvalue weighted by molar-refractivity contribution is 0.698. The first-order valence-electron chi connectivity index (χ1n) is 7.39. The van der Waals surface area contributed by atoms with Crippen LogP contribution in [0.15, 0.2) is 54.6 Å². The van der Waals surface area contributed by atoms with Crippen LogP contribution < -0.4 is 10.6 Å². The highest BCUT2D eigenvalue weighted by atomic mass is 15.1. The first kappa shape index (κ1) is 14.6. The fourth-order valence-electron chi connectivity index (χ4n) is 2.36. The number of benzene rings is 2. The highest BCUT2D eigenvalue weighted by molar-refractivity contribution is 5.48. The second-order valence-corrected chi connectivity index (χ2v) is 5.11. The summed E-state index contributed by atoms with van der Waals surface area (Å²) >= 11 is 0. The van der Waals surface area contributed by atoms with E-state index in [0.29, 0.717) is 0 Å². The van der Waals surface area contributed by atoms with Crippen molar-refractivity contribution in [2.75, 3.05) is 11.4 Å². The average molecular weight is 268 g/mol. The van der Waals surface area contributed by atoms with E-state index in [0.717, 1.165) is 19.5 Å². The summed E-state index contributed by atoms with van der Waals surface area (Å²) in [4.78, 5) is 2.37. The summed E-state index contributed by atoms with van der Waals surface area (Å²) in [5, 5.41) is 0. The van der Waals surface area contributed by atoms with Crippen LogP contribution in [0.2, 0.25) is 0 Å². The molecule has 2 aromatic rings. The minimum atomic E-state index is 0.147. The number of hydrogen-bond donors (Lipinski definition) is 1. The largest absolute Gasteiger partial charge is 0.367 e. The molecular formula is C18H24N2. The van der Waals surface area contributed by atoms with Crippen molar-refractivity contribution in [3.63, 3.8) is 0 Å². The van der Waals surface area contributed by atoms with Crippen LogP contribution in [-0.4, -0.2) is 6.54 Å². The molecule has 0 aliphatic carbocycles. The Morgan fingerprint density at radius 1 is 0.950 bits per heavy atom. The fraction of sp³-hybridized carbons (Fsp3) is 0.333. The third-order valence-corrected chi connectivity index (χ3v) is 3.72. The zero-order valence-electron chi connectivity index (χ0n) is 12.4. The Balaban J connectivity index is 2.11. The molecule has 2 aromatic carbocycles. The van der Waals surface area contributed by atoms with Gasteiger partial charge in [-0.25, -0.2) is 0 Å². The van der Waals surface area contributed by atoms with E-state index in [1.165, 1.54) is 16.8 Å². The van der Waals surface area contributed by atoms with E-state index in [1.54, 1.807) is 0 Å². The maximum atomic E-state index is 6.06. The van der Waals surface area contributed by atoms with Crippen molar-refractivity contribution in [2.24, 2.45) is 5.73 Å². The lowest BCUT2D eigenvalue weighted by Crippen LogP contribution is -2.22. The molecule has 0 radical (unpaired) electrons. The van der Waals surface area contributed by atoms with Crippen molar-refractivity contribution in [1.29, 1.82) is 0 Å². The molecule has 0 fully saturated rings. The van der Waals surface area contributed by atoms with Crippen LogP contribution in [0.4, 0.5) is 5.69 Å². The number of nitrogens with zero attached hydrogens (tertiary/aromatic N) is 1. The number of rotatable bonds is 6. The third-order valence-electron chi connectivity index (χ3n) is 3.72. The third kappa shape index (κ3) is 3.61. The maximum Gasteiger partial charge on any atom is 0.0429 e. The van der Waals surface area contributed by atoms with Gasteiger partial charge in [-0.2, -0.15) is 0 Å². The Morgan fingerprint density at radius 3 is 2.15 bits per heavy atom. The van der Waals surface area contributed by atoms with E-state index in [2.05, 4.69) is 73.3 Å². The van der Waals surface area contributed by atoms with Gasteiger partial charge in [-0.3, -0.25) is 0 Å². The smallest absolute Gasteiger partial charge is 0.0429 e. The summed E-state index contributed by atoms with van der Waals surface area (Å²) in [5.41, 5.74) is 9.87. The first-order chi connectivity index (χ1) is 9.74. The number of hydrogen-bond acceptors (Lipinski definition) is 2. The topological polar surface area (TPSA) is 29.3 Å². The lowest BCUT2D eigenvalue weighted by Gasteiger charge is -2.24. The van der Waals surface area contributed by atoms with Crippen LogP contribution in [0.3, 0.4) is 0 Å². The summed E-state index contributed by atoms with van der Waals surface area (Å²) in [7, 11) is 0. The molecule has 0 aliphatic rings. The quantitative estimate of drug-likeness (QED) is 0.853. The zero-order valence-corrected chi connectivity index (χ0v) is 12.4. The molecule has 2 rings (SSSR count). The van der Waals surface area contributed by atoms with Crippen molar-refractivity contribution in [2.45, 2.75) is 32.9 Å². The highest BCUT2D eigenvalue weighted by Gasteiger charge is 2.07. The molecule has 20 heavy (non-hydrogen) atoms. The Bertz CT molecular complexity index is 505. The van der Waals surface area contributed by atoms with Crippen molar-refractivity contribution in [3.8, 4) is 0 Å². The van der Waals surface area contributed by atoms with E-state index in [-0.39, 0.29) is 6.04 Å². The molecule has 2 nitrogen and oxygen atoms in total. The maximum absolute atomic E-state index is 6.06. The van der Waals surface area contributed by atoms with E-state index in [4.69, 9.17) is 5.73 Å². The van der Waals surface area contributed by atoms with Crippen molar-refractivity contribution in [3.05, 3.63) is 65.7 Å². The summed E-state index contributed by atoms with van der Waals surface area (Å²) < 4.78 is 0. The minimum Gasteiger partial charge on any atom is -0.367 e. The molecular weight excluding hydrogens is 244 g/mol. The Kier molecular flexibility index (Phi) is 5.19. The molecule has 0 saturated heterocycles. The van der Waals surface area contributed by atoms with Crippen LogP contribution in [0.5, 0.6) is 0 Å². The van der Waals surface area contributed by atoms with E-state index < -0.39 is 0 Å². The van der Waals surface area contributed by atoms with Gasteiger partial charge < -0.3 is 10.6 Å². The standard InChI is InChI=1S/C18H24N2/c1-3-18(19)16-10-12-17(13-11-16)20(4-2)14-15-8-6-5-7-9-15/h5-13,18H,3-4,14,19H2,1-2H3. The zero-order chi connectivity index (χ0) is 14.4. The van der Waals surface area contributed by atoms with Gasteiger partial charge in [0, 0.05) is 24.8 Å². The Labute approximate surface area is 122 Å². The molecule has 2 N–H and O–H groups in total. The molecule has 0 aliphatic heterocycles. The van der Waals surface area contributed by atoms with Gasteiger partial charge in [0.1, 0.15) is 0 Å². The predicted molar refractivity (Wildman–Crippen MR) is 86.8 cm³/mol. The SMILES string of the molecule is CCC(N)c1ccc(N(CC)Cc2ccccc2)cc1. The molecule has 0 amide bonds. The van der Waals surface area contributed by atoms with Crippen molar-refractivity contribution >= 4 is 5.69 Å². The lowest BCUT2D eigenvalue weighted by atomic mass is 10.0. The van der Waals surface area contributed by atoms with Crippen LogP contribution in [-0.2, 0) is 6.54 Å². The van der Waals surface area contributed by atoms with E-state index in [1.807, 2.05) is 0 Å². The molecule has 0 heterocycles. The van der Waals surface area contributed by atoms with Crippen LogP contribution in [0.25, 0.3) is 0 Å². The molecule has 0 spiro atoms. The molecule has 0 aromatic heterocycles. The molecule has 0 bridgehead atoms. The molecule has 2 heteroatoms. The molecule has 0 saturated carbocycles. The second-order valence-electron chi connectivity index (χ2n) is 5.11. The van der Waals surface area contributed by atoms with Crippen LogP contribution >= 0.6 is 0 Å². The van der Waals surface area contributed by atoms with Gasteiger partial charge in [0.15, 0.2) is 0 Å². The van der Waals surface area contributed by atoms with Gasteiger partial charge in [0.2, 0.25) is 0 Å². The van der Waals surface area contributed by atoms with Gasteiger partial charge in [-0.05, 0) is 36.6 Å². The monoisotopic (exact) mass is 268 g/mol. The van der Waals surface area contributed by atoms with Gasteiger partial charge in [-0.15, -0.1) is 0 Å². The average Bonchev–Trinajstić information content (AvgIpc) is 2.53. The summed E-state index contributed by atoms with van der Waals surface area (Å²) in [6.45, 7) is 6.24. The molecule has 1 unspecified atom stereocenters. The summed E-state index contributed by atoms with van der Waals surface area (Å²) in [5.74, 6) is 0. The molecule has 1 atom stereocenters. The summed E-state index contributed by atoms with van der Waals surface area (Å²) in [6.07, 6.45) is 0.973. The Hall–Kier alpha value is -1.80. The van der Waals surface area contributed by atoms with Crippen molar-refractivity contribution in [1.82, 2.24) is 0 Å². The van der Waals surface area contributed by atoms with Gasteiger partial charge in [0.05, 0.1) is 0 Å². The van der Waals surface area contributed by atoms with Crippen LogP contribution in [0.1, 0.15) is 37.4 Å². The highest BCUT2D eigenvalue weighted by Crippen LogP contribution is 2.21. The van der Waals surface area contributed by atoms with Gasteiger partial charge in [0.25, 0.3) is 0 Å².